The molecule has 9 heteroatoms. The molecule has 0 aliphatic carbocycles. The summed E-state index contributed by atoms with van der Waals surface area (Å²) in [5.74, 6) is -1.08. The first kappa shape index (κ1) is 13.3. The maximum atomic E-state index is 12.4. The third-order valence-corrected chi connectivity index (χ3v) is 1.89. The van der Waals surface area contributed by atoms with Gasteiger partial charge in [-0.3, -0.25) is 0 Å². The predicted molar refractivity (Wildman–Crippen MR) is 45.6 cm³/mol. The molecule has 0 aliphatic rings. The van der Waals surface area contributed by atoms with Gasteiger partial charge in [0.2, 0.25) is 0 Å². The summed E-state index contributed by atoms with van der Waals surface area (Å²) in [6, 6.07) is 0.429. The summed E-state index contributed by atoms with van der Waals surface area (Å²) in [6.45, 7) is 1.04. The van der Waals surface area contributed by atoms with Gasteiger partial charge in [0.25, 0.3) is 12.1 Å². The predicted octanol–water partition coefficient (Wildman–Crippen LogP) is 3.25. The fourth-order valence-corrected chi connectivity index (χ4v) is 1.20. The van der Waals surface area contributed by atoms with Crippen LogP contribution in [0.5, 0.6) is 0 Å². The molecule has 1 rings (SSSR count). The molecular weight excluding hydrogens is 251 g/mol. The Hall–Kier alpha value is -1.80. The van der Waals surface area contributed by atoms with E-state index in [0.717, 1.165) is 6.92 Å². The maximum absolute atomic E-state index is 12.4. The Bertz CT molecular complexity index is 458. The molecule has 17 heavy (non-hydrogen) atoms. The van der Waals surface area contributed by atoms with Gasteiger partial charge in [-0.1, -0.05) is 0 Å². The van der Waals surface area contributed by atoms with E-state index in [1.54, 1.807) is 0 Å². The second kappa shape index (κ2) is 4.22. The van der Waals surface area contributed by atoms with E-state index in [-0.39, 0.29) is 5.56 Å². The first-order valence-electron chi connectivity index (χ1n) is 4.16. The Morgan fingerprint density at radius 2 is 1.94 bits per heavy atom. The van der Waals surface area contributed by atoms with Crippen LogP contribution in [0.4, 0.5) is 27.8 Å². The monoisotopic (exact) mass is 256 g/mol. The fourth-order valence-electron chi connectivity index (χ4n) is 1.20. The average molecular weight is 256 g/mol. The van der Waals surface area contributed by atoms with Crippen LogP contribution < -0.4 is 0 Å². The molecule has 0 radical (unpaired) electrons. The van der Waals surface area contributed by atoms with Gasteiger partial charge in [-0.2, -0.15) is 13.2 Å². The number of aryl methyl sites for hydroxylation is 1. The van der Waals surface area contributed by atoms with Crippen molar-refractivity contribution in [2.75, 3.05) is 0 Å². The van der Waals surface area contributed by atoms with Gasteiger partial charge in [0.05, 0.1) is 5.56 Å². The summed E-state index contributed by atoms with van der Waals surface area (Å²) in [6.07, 6.45) is -8.57. The molecule has 0 unspecified atom stereocenters. The summed E-state index contributed by atoms with van der Waals surface area (Å²) < 4.78 is 61.8. The van der Waals surface area contributed by atoms with E-state index in [1.165, 1.54) is 0 Å². The quantitative estimate of drug-likeness (QED) is 0.463. The molecule has 0 aliphatic heterocycles. The molecule has 94 valence electrons. The van der Waals surface area contributed by atoms with E-state index in [2.05, 4.69) is 4.98 Å². The van der Waals surface area contributed by atoms with Crippen molar-refractivity contribution in [1.29, 1.82) is 0 Å². The Labute approximate surface area is 91.2 Å². The summed E-state index contributed by atoms with van der Waals surface area (Å²) in [5, 5.41) is 10.4. The molecule has 1 aromatic rings. The zero-order chi connectivity index (χ0) is 13.4. The van der Waals surface area contributed by atoms with Crippen molar-refractivity contribution in [3.8, 4) is 0 Å². The summed E-state index contributed by atoms with van der Waals surface area (Å²) >= 11 is 0. The zero-order valence-corrected chi connectivity index (χ0v) is 8.26. The van der Waals surface area contributed by atoms with Crippen LogP contribution in [0, 0.1) is 17.0 Å². The largest absolute Gasteiger partial charge is 0.458 e. The van der Waals surface area contributed by atoms with Gasteiger partial charge in [0.15, 0.2) is 0 Å². The van der Waals surface area contributed by atoms with E-state index < -0.39 is 34.6 Å². The van der Waals surface area contributed by atoms with Crippen molar-refractivity contribution in [3.05, 3.63) is 33.0 Å². The molecule has 0 spiro atoms. The highest BCUT2D eigenvalue weighted by molar-refractivity contribution is 5.39. The lowest BCUT2D eigenvalue weighted by atomic mass is 10.1. The molecule has 0 amide bonds. The van der Waals surface area contributed by atoms with Crippen molar-refractivity contribution in [1.82, 2.24) is 4.98 Å². The highest BCUT2D eigenvalue weighted by atomic mass is 19.4. The zero-order valence-electron chi connectivity index (χ0n) is 8.26. The normalized spacial score (nSPS) is 11.9. The van der Waals surface area contributed by atoms with Crippen molar-refractivity contribution >= 4 is 5.82 Å². The topological polar surface area (TPSA) is 56.0 Å². The molecule has 0 bridgehead atoms. The number of rotatable bonds is 2. The van der Waals surface area contributed by atoms with Crippen LogP contribution >= 0.6 is 0 Å². The van der Waals surface area contributed by atoms with Crippen LogP contribution in [-0.4, -0.2) is 9.91 Å². The van der Waals surface area contributed by atoms with E-state index in [1.807, 2.05) is 0 Å². The Balaban J connectivity index is 3.54. The standard InChI is InChI=1S/C8H5F5N2O2/c1-3-2-4(6(9)10)5(8(11,12)13)14-7(3)15(16)17/h2,6H,1H3. The number of halogens is 5. The van der Waals surface area contributed by atoms with E-state index in [4.69, 9.17) is 0 Å². The number of pyridine rings is 1. The molecule has 0 N–H and O–H groups in total. The molecule has 0 saturated heterocycles. The minimum atomic E-state index is -5.16. The molecule has 1 heterocycles. The lowest BCUT2D eigenvalue weighted by Crippen LogP contribution is -2.14. The molecule has 0 aromatic carbocycles. The summed E-state index contributed by atoms with van der Waals surface area (Å²) in [7, 11) is 0. The smallest absolute Gasteiger partial charge is 0.358 e. The maximum Gasteiger partial charge on any atom is 0.458 e. The highest BCUT2D eigenvalue weighted by Gasteiger charge is 2.43. The van der Waals surface area contributed by atoms with Gasteiger partial charge in [0, 0.05) is 5.56 Å². The van der Waals surface area contributed by atoms with Gasteiger partial charge in [-0.05, 0) is 22.9 Å². The third kappa shape index (κ3) is 2.66. The van der Waals surface area contributed by atoms with Crippen LogP contribution in [0.15, 0.2) is 6.07 Å². The highest BCUT2D eigenvalue weighted by Crippen LogP contribution is 2.37. The number of aromatic nitrogens is 1. The van der Waals surface area contributed by atoms with Gasteiger partial charge < -0.3 is 10.1 Å². The van der Waals surface area contributed by atoms with Crippen molar-refractivity contribution in [2.24, 2.45) is 0 Å². The second-order valence-electron chi connectivity index (χ2n) is 3.12. The van der Waals surface area contributed by atoms with E-state index in [0.29, 0.717) is 6.07 Å². The minimum absolute atomic E-state index is 0.349. The first-order chi connectivity index (χ1) is 7.64. The number of nitrogens with zero attached hydrogens (tertiary/aromatic N) is 2. The van der Waals surface area contributed by atoms with Crippen LogP contribution in [0.1, 0.15) is 23.2 Å². The number of alkyl halides is 5. The van der Waals surface area contributed by atoms with Gasteiger partial charge in [-0.25, -0.2) is 8.78 Å². The first-order valence-corrected chi connectivity index (χ1v) is 4.16. The Morgan fingerprint density at radius 1 is 1.41 bits per heavy atom. The van der Waals surface area contributed by atoms with Gasteiger partial charge in [-0.15, -0.1) is 0 Å². The average Bonchev–Trinajstić information content (AvgIpc) is 2.14. The van der Waals surface area contributed by atoms with Crippen molar-refractivity contribution in [2.45, 2.75) is 19.5 Å². The number of hydrogen-bond acceptors (Lipinski definition) is 3. The number of hydrogen-bond donors (Lipinski definition) is 0. The Morgan fingerprint density at radius 3 is 2.29 bits per heavy atom. The molecule has 0 saturated carbocycles. The third-order valence-electron chi connectivity index (χ3n) is 1.89. The lowest BCUT2D eigenvalue weighted by molar-refractivity contribution is -0.390. The SMILES string of the molecule is Cc1cc(C(F)F)c(C(F)(F)F)nc1[N+](=O)[O-]. The molecule has 0 fully saturated rings. The lowest BCUT2D eigenvalue weighted by Gasteiger charge is -2.08. The molecular formula is C8H5F5N2O2. The summed E-state index contributed by atoms with van der Waals surface area (Å²) in [4.78, 5) is 11.9. The van der Waals surface area contributed by atoms with Crippen molar-refractivity contribution in [3.63, 3.8) is 0 Å². The van der Waals surface area contributed by atoms with Crippen LogP contribution in [0.2, 0.25) is 0 Å². The van der Waals surface area contributed by atoms with E-state index >= 15 is 0 Å². The van der Waals surface area contributed by atoms with Crippen LogP contribution in [-0.2, 0) is 6.18 Å². The van der Waals surface area contributed by atoms with Crippen LogP contribution in [0.3, 0.4) is 0 Å². The molecule has 1 aromatic heterocycles. The fraction of sp³-hybridized carbons (Fsp3) is 0.375. The van der Waals surface area contributed by atoms with Crippen LogP contribution in [0.25, 0.3) is 0 Å². The van der Waals surface area contributed by atoms with E-state index in [9.17, 15) is 32.1 Å². The molecule has 0 atom stereocenters. The Kier molecular flexibility index (Phi) is 3.30. The minimum Gasteiger partial charge on any atom is -0.358 e. The second-order valence-corrected chi connectivity index (χ2v) is 3.12. The van der Waals surface area contributed by atoms with Gasteiger partial charge in [0.1, 0.15) is 0 Å². The van der Waals surface area contributed by atoms with Crippen molar-refractivity contribution < 1.29 is 26.9 Å². The molecule has 4 nitrogen and oxygen atoms in total. The van der Waals surface area contributed by atoms with Gasteiger partial charge >= 0.3 is 12.0 Å². The summed E-state index contributed by atoms with van der Waals surface area (Å²) in [5.41, 5.74) is -3.64. The number of nitro groups is 1.